The summed E-state index contributed by atoms with van der Waals surface area (Å²) in [5, 5.41) is 4.54. The number of aryl methyl sites for hydroxylation is 1. The first kappa shape index (κ1) is 11.3. The van der Waals surface area contributed by atoms with E-state index < -0.39 is 0 Å². The lowest BCUT2D eigenvalue weighted by molar-refractivity contribution is 0.174. The van der Waals surface area contributed by atoms with Crippen molar-refractivity contribution in [3.63, 3.8) is 0 Å². The SMILES string of the molecule is CCc1ncc(CNc2ccc3c(c2)OCO3)s1. The minimum atomic E-state index is 0.313. The third kappa shape index (κ3) is 2.26. The molecular formula is C13H14N2O2S. The number of hydrogen-bond donors (Lipinski definition) is 1. The topological polar surface area (TPSA) is 43.4 Å². The number of aromatic nitrogens is 1. The first-order chi connectivity index (χ1) is 8.85. The highest BCUT2D eigenvalue weighted by molar-refractivity contribution is 7.11. The number of ether oxygens (including phenoxy) is 2. The van der Waals surface area contributed by atoms with Gasteiger partial charge in [-0.3, -0.25) is 0 Å². The maximum Gasteiger partial charge on any atom is 0.231 e. The van der Waals surface area contributed by atoms with Gasteiger partial charge in [-0.05, 0) is 18.6 Å². The van der Waals surface area contributed by atoms with Crippen molar-refractivity contribution in [2.45, 2.75) is 19.9 Å². The van der Waals surface area contributed by atoms with Gasteiger partial charge in [-0.2, -0.15) is 0 Å². The summed E-state index contributed by atoms with van der Waals surface area (Å²) in [5.74, 6) is 1.62. The van der Waals surface area contributed by atoms with Crippen LogP contribution in [0.1, 0.15) is 16.8 Å². The summed E-state index contributed by atoms with van der Waals surface area (Å²) in [7, 11) is 0. The molecule has 1 aromatic carbocycles. The molecule has 0 spiro atoms. The van der Waals surface area contributed by atoms with Gasteiger partial charge in [0.05, 0.1) is 11.6 Å². The lowest BCUT2D eigenvalue weighted by Gasteiger charge is -2.05. The molecule has 0 amide bonds. The van der Waals surface area contributed by atoms with Gasteiger partial charge in [-0.1, -0.05) is 6.92 Å². The molecule has 94 valence electrons. The number of benzene rings is 1. The van der Waals surface area contributed by atoms with Crippen molar-refractivity contribution in [2.24, 2.45) is 0 Å². The van der Waals surface area contributed by atoms with E-state index in [2.05, 4.69) is 17.2 Å². The van der Waals surface area contributed by atoms with Crippen molar-refractivity contribution in [2.75, 3.05) is 12.1 Å². The predicted molar refractivity (Wildman–Crippen MR) is 71.4 cm³/mol. The fourth-order valence-electron chi connectivity index (χ4n) is 1.79. The summed E-state index contributed by atoms with van der Waals surface area (Å²) in [5.41, 5.74) is 1.03. The molecule has 5 heteroatoms. The summed E-state index contributed by atoms with van der Waals surface area (Å²) in [4.78, 5) is 5.58. The number of anilines is 1. The Hall–Kier alpha value is -1.75. The van der Waals surface area contributed by atoms with Crippen LogP contribution in [0, 0.1) is 0 Å². The van der Waals surface area contributed by atoms with Gasteiger partial charge in [0, 0.05) is 22.8 Å². The molecule has 0 unspecified atom stereocenters. The maximum atomic E-state index is 5.34. The van der Waals surface area contributed by atoms with Gasteiger partial charge in [-0.25, -0.2) is 4.98 Å². The number of thiazole rings is 1. The van der Waals surface area contributed by atoms with Crippen LogP contribution in [-0.2, 0) is 13.0 Å². The summed E-state index contributed by atoms with van der Waals surface area (Å²) < 4.78 is 10.6. The second kappa shape index (κ2) is 4.86. The van der Waals surface area contributed by atoms with E-state index >= 15 is 0 Å². The molecule has 0 saturated carbocycles. The van der Waals surface area contributed by atoms with Crippen molar-refractivity contribution in [1.29, 1.82) is 0 Å². The zero-order valence-corrected chi connectivity index (χ0v) is 10.9. The first-order valence-corrected chi connectivity index (χ1v) is 6.74. The molecule has 0 fully saturated rings. The molecule has 1 aliphatic rings. The first-order valence-electron chi connectivity index (χ1n) is 5.92. The molecule has 0 bridgehead atoms. The van der Waals surface area contributed by atoms with Gasteiger partial charge in [-0.15, -0.1) is 11.3 Å². The summed E-state index contributed by atoms with van der Waals surface area (Å²) >= 11 is 1.75. The molecule has 1 N–H and O–H groups in total. The molecule has 3 rings (SSSR count). The van der Waals surface area contributed by atoms with E-state index in [9.17, 15) is 0 Å². The summed E-state index contributed by atoms with van der Waals surface area (Å²) in [6.07, 6.45) is 2.93. The van der Waals surface area contributed by atoms with Gasteiger partial charge in [0.1, 0.15) is 0 Å². The van der Waals surface area contributed by atoms with Crippen LogP contribution in [0.15, 0.2) is 24.4 Å². The average Bonchev–Trinajstić information content (AvgIpc) is 3.04. The van der Waals surface area contributed by atoms with Gasteiger partial charge in [0.2, 0.25) is 6.79 Å². The zero-order valence-electron chi connectivity index (χ0n) is 10.1. The smallest absolute Gasteiger partial charge is 0.231 e. The molecule has 0 aliphatic carbocycles. The number of hydrogen-bond acceptors (Lipinski definition) is 5. The Morgan fingerprint density at radius 2 is 2.22 bits per heavy atom. The molecule has 18 heavy (non-hydrogen) atoms. The molecule has 1 aliphatic heterocycles. The van der Waals surface area contributed by atoms with E-state index in [-0.39, 0.29) is 0 Å². The van der Waals surface area contributed by atoms with Crippen LogP contribution < -0.4 is 14.8 Å². The number of nitrogens with one attached hydrogen (secondary N) is 1. The Balaban J connectivity index is 1.66. The van der Waals surface area contributed by atoms with Crippen LogP contribution in [-0.4, -0.2) is 11.8 Å². The van der Waals surface area contributed by atoms with Crippen LogP contribution in [0.4, 0.5) is 5.69 Å². The van der Waals surface area contributed by atoms with E-state index in [1.165, 1.54) is 9.88 Å². The molecule has 0 atom stereocenters. The van der Waals surface area contributed by atoms with Crippen molar-refractivity contribution < 1.29 is 9.47 Å². The lowest BCUT2D eigenvalue weighted by atomic mass is 10.3. The lowest BCUT2D eigenvalue weighted by Crippen LogP contribution is -1.97. The Kier molecular flexibility index (Phi) is 3.06. The second-order valence-electron chi connectivity index (χ2n) is 4.00. The summed E-state index contributed by atoms with van der Waals surface area (Å²) in [6.45, 7) is 3.22. The minimum absolute atomic E-state index is 0.313. The zero-order chi connectivity index (χ0) is 12.4. The van der Waals surface area contributed by atoms with E-state index in [1.54, 1.807) is 11.3 Å². The predicted octanol–water partition coefficient (Wildman–Crippen LogP) is 3.05. The molecular weight excluding hydrogens is 248 g/mol. The van der Waals surface area contributed by atoms with Gasteiger partial charge in [0.15, 0.2) is 11.5 Å². The Bertz CT molecular complexity index is 554. The average molecular weight is 262 g/mol. The van der Waals surface area contributed by atoms with Crippen LogP contribution in [0.3, 0.4) is 0 Å². The van der Waals surface area contributed by atoms with E-state index in [1.807, 2.05) is 24.4 Å². The highest BCUT2D eigenvalue weighted by atomic mass is 32.1. The van der Waals surface area contributed by atoms with Gasteiger partial charge >= 0.3 is 0 Å². The van der Waals surface area contributed by atoms with Crippen molar-refractivity contribution in [1.82, 2.24) is 4.98 Å². The van der Waals surface area contributed by atoms with Crippen molar-refractivity contribution in [3.05, 3.63) is 34.3 Å². The number of rotatable bonds is 4. The third-order valence-corrected chi connectivity index (χ3v) is 3.88. The largest absolute Gasteiger partial charge is 0.454 e. The van der Waals surface area contributed by atoms with Crippen LogP contribution in [0.5, 0.6) is 11.5 Å². The van der Waals surface area contributed by atoms with E-state index in [0.717, 1.165) is 30.2 Å². The van der Waals surface area contributed by atoms with Gasteiger partial charge < -0.3 is 14.8 Å². The Labute approximate surface area is 110 Å². The number of nitrogens with zero attached hydrogens (tertiary/aromatic N) is 1. The maximum absolute atomic E-state index is 5.34. The van der Waals surface area contributed by atoms with Crippen LogP contribution >= 0.6 is 11.3 Å². The molecule has 2 aromatic rings. The van der Waals surface area contributed by atoms with Crippen LogP contribution in [0.2, 0.25) is 0 Å². The summed E-state index contributed by atoms with van der Waals surface area (Å²) in [6, 6.07) is 5.88. The van der Waals surface area contributed by atoms with E-state index in [0.29, 0.717) is 6.79 Å². The standard InChI is InChI=1S/C13H14N2O2S/c1-2-13-15-7-10(18-13)6-14-9-3-4-11-12(5-9)17-8-16-11/h3-5,7,14H,2,6,8H2,1H3. The third-order valence-electron chi connectivity index (χ3n) is 2.74. The fraction of sp³-hybridized carbons (Fsp3) is 0.308. The molecule has 0 radical (unpaired) electrons. The molecule has 0 saturated heterocycles. The quantitative estimate of drug-likeness (QED) is 0.919. The molecule has 4 nitrogen and oxygen atoms in total. The monoisotopic (exact) mass is 262 g/mol. The minimum Gasteiger partial charge on any atom is -0.454 e. The second-order valence-corrected chi connectivity index (χ2v) is 5.20. The fourth-order valence-corrected chi connectivity index (χ4v) is 2.59. The van der Waals surface area contributed by atoms with Gasteiger partial charge in [0.25, 0.3) is 0 Å². The molecule has 1 aromatic heterocycles. The van der Waals surface area contributed by atoms with Crippen LogP contribution in [0.25, 0.3) is 0 Å². The Morgan fingerprint density at radius 1 is 1.33 bits per heavy atom. The van der Waals surface area contributed by atoms with E-state index in [4.69, 9.17) is 9.47 Å². The molecule has 2 heterocycles. The highest BCUT2D eigenvalue weighted by Crippen LogP contribution is 2.34. The van der Waals surface area contributed by atoms with Crippen molar-refractivity contribution >= 4 is 17.0 Å². The Morgan fingerprint density at radius 3 is 3.06 bits per heavy atom. The normalized spacial score (nSPS) is 12.7. The number of fused-ring (bicyclic) bond motifs is 1. The highest BCUT2D eigenvalue weighted by Gasteiger charge is 2.13. The van der Waals surface area contributed by atoms with Crippen molar-refractivity contribution in [3.8, 4) is 11.5 Å².